The van der Waals surface area contributed by atoms with E-state index in [0.717, 1.165) is 61.0 Å². The summed E-state index contributed by atoms with van der Waals surface area (Å²) in [4.78, 5) is 11.4. The Morgan fingerprint density at radius 2 is 2.19 bits per heavy atom. The highest BCUT2D eigenvalue weighted by molar-refractivity contribution is 8.00. The molecule has 2 heterocycles. The molecule has 2 N–H and O–H groups in total. The van der Waals surface area contributed by atoms with Crippen molar-refractivity contribution in [2.24, 2.45) is 0 Å². The molecular formula is C24H30N6OS. The van der Waals surface area contributed by atoms with Gasteiger partial charge in [-0.3, -0.25) is 4.98 Å². The predicted molar refractivity (Wildman–Crippen MR) is 135 cm³/mol. The van der Waals surface area contributed by atoms with Crippen LogP contribution >= 0.6 is 11.9 Å². The van der Waals surface area contributed by atoms with Crippen molar-refractivity contribution in [2.45, 2.75) is 26.7 Å². The molecule has 7 nitrogen and oxygen atoms in total. The van der Waals surface area contributed by atoms with Crippen LogP contribution in [0.25, 0.3) is 11.6 Å². The summed E-state index contributed by atoms with van der Waals surface area (Å²) < 4.78 is 8.94. The molecular weight excluding hydrogens is 420 g/mol. The van der Waals surface area contributed by atoms with E-state index in [4.69, 9.17) is 9.72 Å². The molecule has 0 atom stereocenters. The van der Waals surface area contributed by atoms with Gasteiger partial charge in [-0.25, -0.2) is 4.98 Å². The molecule has 0 saturated carbocycles. The summed E-state index contributed by atoms with van der Waals surface area (Å²) >= 11 is 1.69. The molecule has 0 aliphatic carbocycles. The topological polar surface area (TPSA) is 86.1 Å². The van der Waals surface area contributed by atoms with Gasteiger partial charge in [0, 0.05) is 43.0 Å². The Morgan fingerprint density at radius 1 is 1.34 bits per heavy atom. The molecule has 1 aliphatic rings. The molecule has 3 rings (SSSR count). The van der Waals surface area contributed by atoms with Gasteiger partial charge in [0.1, 0.15) is 17.6 Å². The van der Waals surface area contributed by atoms with Crippen molar-refractivity contribution in [3.8, 4) is 6.07 Å². The van der Waals surface area contributed by atoms with Gasteiger partial charge in [0.15, 0.2) is 0 Å². The number of aromatic nitrogens is 2. The Bertz CT molecular complexity index is 992. The minimum atomic E-state index is 0.401. The Kier molecular flexibility index (Phi) is 8.96. The smallest absolute Gasteiger partial charge is 0.147 e. The summed E-state index contributed by atoms with van der Waals surface area (Å²) in [7, 11) is 0. The third-order valence-corrected chi connectivity index (χ3v) is 6.07. The van der Waals surface area contributed by atoms with Crippen LogP contribution in [0.5, 0.6) is 0 Å². The molecule has 1 aromatic carbocycles. The molecule has 1 aromatic heterocycles. The van der Waals surface area contributed by atoms with E-state index < -0.39 is 0 Å². The minimum absolute atomic E-state index is 0.401. The molecule has 0 radical (unpaired) electrons. The second-order valence-electron chi connectivity index (χ2n) is 7.36. The van der Waals surface area contributed by atoms with E-state index in [1.54, 1.807) is 30.4 Å². The fourth-order valence-corrected chi connectivity index (χ4v) is 3.98. The number of nitriles is 1. The van der Waals surface area contributed by atoms with Crippen LogP contribution in [0.15, 0.2) is 37.2 Å². The molecule has 1 fully saturated rings. The van der Waals surface area contributed by atoms with Crippen LogP contribution in [-0.4, -0.2) is 42.0 Å². The average molecular weight is 451 g/mol. The summed E-state index contributed by atoms with van der Waals surface area (Å²) in [6, 6.07) is 8.29. The monoisotopic (exact) mass is 450 g/mol. The maximum Gasteiger partial charge on any atom is 0.147 e. The van der Waals surface area contributed by atoms with Gasteiger partial charge in [-0.2, -0.15) is 5.26 Å². The normalized spacial score (nSPS) is 14.4. The summed E-state index contributed by atoms with van der Waals surface area (Å²) in [5.41, 5.74) is 4.56. The number of allylic oxidation sites excluding steroid dienone is 1. The second-order valence-corrected chi connectivity index (χ2v) is 8.26. The maximum atomic E-state index is 9.88. The number of ether oxygens (including phenoxy) is 1. The highest BCUT2D eigenvalue weighted by atomic mass is 32.2. The lowest BCUT2D eigenvalue weighted by atomic mass is 10.1. The number of hydrogen-bond acceptors (Lipinski definition) is 8. The zero-order valence-electron chi connectivity index (χ0n) is 18.7. The van der Waals surface area contributed by atoms with Gasteiger partial charge in [0.2, 0.25) is 0 Å². The molecule has 0 unspecified atom stereocenters. The fourth-order valence-electron chi connectivity index (χ4n) is 3.30. The van der Waals surface area contributed by atoms with Crippen molar-refractivity contribution in [2.75, 3.05) is 47.0 Å². The van der Waals surface area contributed by atoms with Gasteiger partial charge in [0.05, 0.1) is 24.1 Å². The van der Waals surface area contributed by atoms with Gasteiger partial charge >= 0.3 is 0 Å². The van der Waals surface area contributed by atoms with E-state index in [-0.39, 0.29) is 0 Å². The van der Waals surface area contributed by atoms with Crippen molar-refractivity contribution in [3.63, 3.8) is 0 Å². The van der Waals surface area contributed by atoms with E-state index in [2.05, 4.69) is 39.5 Å². The van der Waals surface area contributed by atoms with Gasteiger partial charge < -0.3 is 19.7 Å². The van der Waals surface area contributed by atoms with Crippen molar-refractivity contribution in [3.05, 3.63) is 54.1 Å². The third-order valence-electron chi connectivity index (χ3n) is 5.10. The van der Waals surface area contributed by atoms with Crippen molar-refractivity contribution in [1.29, 1.82) is 5.26 Å². The fraction of sp³-hybridized carbons (Fsp3) is 0.375. The molecule has 32 heavy (non-hydrogen) atoms. The molecule has 2 aromatic rings. The Hall–Kier alpha value is -3.02. The van der Waals surface area contributed by atoms with Crippen LogP contribution in [-0.2, 0) is 4.74 Å². The predicted octanol–water partition coefficient (Wildman–Crippen LogP) is 5.10. The maximum absolute atomic E-state index is 9.88. The first-order valence-electron chi connectivity index (χ1n) is 10.8. The SMILES string of the molecule is C=Cc1ncc(N2CCCOCC2)nc1/C(C#N)=C/Nc1cccc(NSCCC)c1C. The Morgan fingerprint density at radius 3 is 2.97 bits per heavy atom. The van der Waals surface area contributed by atoms with Crippen LogP contribution in [0, 0.1) is 18.3 Å². The van der Waals surface area contributed by atoms with Gasteiger partial charge in [-0.05, 0) is 43.5 Å². The van der Waals surface area contributed by atoms with Gasteiger partial charge in [-0.15, -0.1) is 0 Å². The summed E-state index contributed by atoms with van der Waals surface area (Å²) in [6.45, 7) is 11.1. The zero-order chi connectivity index (χ0) is 22.8. The highest BCUT2D eigenvalue weighted by Gasteiger charge is 2.16. The number of nitrogens with zero attached hydrogens (tertiary/aromatic N) is 4. The lowest BCUT2D eigenvalue weighted by Gasteiger charge is -2.21. The molecule has 168 valence electrons. The van der Waals surface area contributed by atoms with E-state index in [0.29, 0.717) is 23.6 Å². The lowest BCUT2D eigenvalue weighted by Crippen LogP contribution is -2.27. The Balaban J connectivity index is 1.86. The van der Waals surface area contributed by atoms with Gasteiger partial charge in [-0.1, -0.05) is 31.5 Å². The average Bonchev–Trinajstić information content (AvgIpc) is 3.11. The number of hydrogen-bond donors (Lipinski definition) is 2. The number of nitrogens with one attached hydrogen (secondary N) is 2. The van der Waals surface area contributed by atoms with Crippen molar-refractivity contribution in [1.82, 2.24) is 9.97 Å². The zero-order valence-corrected chi connectivity index (χ0v) is 19.5. The summed E-state index contributed by atoms with van der Waals surface area (Å²) in [5.74, 6) is 1.78. The van der Waals surface area contributed by atoms with Crippen molar-refractivity contribution < 1.29 is 4.74 Å². The van der Waals surface area contributed by atoms with Crippen LogP contribution in [0.2, 0.25) is 0 Å². The molecule has 8 heteroatoms. The molecule has 1 aliphatic heterocycles. The largest absolute Gasteiger partial charge is 0.380 e. The third kappa shape index (κ3) is 6.02. The molecule has 0 bridgehead atoms. The van der Waals surface area contributed by atoms with E-state index in [1.165, 1.54) is 0 Å². The highest BCUT2D eigenvalue weighted by Crippen LogP contribution is 2.27. The van der Waals surface area contributed by atoms with Crippen molar-refractivity contribution >= 4 is 40.8 Å². The first kappa shape index (κ1) is 23.6. The second kappa shape index (κ2) is 12.1. The molecule has 0 spiro atoms. The number of anilines is 3. The Labute approximate surface area is 194 Å². The summed E-state index contributed by atoms with van der Waals surface area (Å²) in [6.07, 6.45) is 7.10. The molecule has 0 amide bonds. The van der Waals surface area contributed by atoms with E-state index in [9.17, 15) is 5.26 Å². The lowest BCUT2D eigenvalue weighted by molar-refractivity contribution is 0.152. The minimum Gasteiger partial charge on any atom is -0.380 e. The number of benzene rings is 1. The molecule has 1 saturated heterocycles. The van der Waals surface area contributed by atoms with Crippen LogP contribution in [0.4, 0.5) is 17.2 Å². The van der Waals surface area contributed by atoms with Gasteiger partial charge in [0.25, 0.3) is 0 Å². The summed E-state index contributed by atoms with van der Waals surface area (Å²) in [5, 5.41) is 13.2. The number of rotatable bonds is 9. The first-order valence-corrected chi connectivity index (χ1v) is 11.8. The first-order chi connectivity index (χ1) is 15.7. The van der Waals surface area contributed by atoms with E-state index >= 15 is 0 Å². The van der Waals surface area contributed by atoms with E-state index in [1.807, 2.05) is 25.1 Å². The van der Waals surface area contributed by atoms with Crippen LogP contribution in [0.1, 0.15) is 36.7 Å². The standard InChI is InChI=1S/C24H30N6OS/c1-4-14-32-29-22-9-6-8-21(18(22)3)26-16-19(15-25)24-20(5-2)27-17-23(28-24)30-10-7-12-31-13-11-30/h5-6,8-9,16-17,26,29H,2,4,7,10-14H2,1,3H3/b19-16+. The van der Waals surface area contributed by atoms with Crippen LogP contribution < -0.4 is 14.9 Å². The van der Waals surface area contributed by atoms with Crippen LogP contribution in [0.3, 0.4) is 0 Å². The quantitative estimate of drug-likeness (QED) is 0.310.